The van der Waals surface area contributed by atoms with E-state index < -0.39 is 5.97 Å². The predicted octanol–water partition coefficient (Wildman–Crippen LogP) is 1.25. The third-order valence-corrected chi connectivity index (χ3v) is 3.71. The van der Waals surface area contributed by atoms with Crippen molar-refractivity contribution >= 4 is 11.9 Å². The highest BCUT2D eigenvalue weighted by atomic mass is 16.5. The molecule has 1 aliphatic rings. The molecule has 21 heavy (non-hydrogen) atoms. The van der Waals surface area contributed by atoms with Gasteiger partial charge in [-0.05, 0) is 38.1 Å². The van der Waals surface area contributed by atoms with Crippen LogP contribution in [-0.4, -0.2) is 49.1 Å². The van der Waals surface area contributed by atoms with Crippen molar-refractivity contribution in [2.45, 2.75) is 19.4 Å². The fourth-order valence-corrected chi connectivity index (χ4v) is 2.51. The maximum absolute atomic E-state index is 11.5. The Morgan fingerprint density at radius 1 is 1.24 bits per heavy atom. The Labute approximate surface area is 124 Å². The van der Waals surface area contributed by atoms with Gasteiger partial charge in [0.15, 0.2) is 0 Å². The van der Waals surface area contributed by atoms with Crippen molar-refractivity contribution in [3.63, 3.8) is 0 Å². The number of nitrogens with zero attached hydrogens (tertiary/aromatic N) is 2. The summed E-state index contributed by atoms with van der Waals surface area (Å²) in [5.41, 5.74) is 1.15. The van der Waals surface area contributed by atoms with Gasteiger partial charge in [-0.2, -0.15) is 0 Å². The molecule has 114 valence electrons. The average molecular weight is 292 g/mol. The van der Waals surface area contributed by atoms with Crippen LogP contribution < -0.4 is 0 Å². The fourth-order valence-electron chi connectivity index (χ4n) is 2.51. The second-order valence-electron chi connectivity index (χ2n) is 5.08. The summed E-state index contributed by atoms with van der Waals surface area (Å²) < 4.78 is 9.44. The minimum atomic E-state index is -0.429. The lowest BCUT2D eigenvalue weighted by Crippen LogP contribution is -2.36. The van der Waals surface area contributed by atoms with Gasteiger partial charge in [0.25, 0.3) is 0 Å². The topological polar surface area (TPSA) is 68.7 Å². The van der Waals surface area contributed by atoms with E-state index in [2.05, 4.69) is 14.6 Å². The van der Waals surface area contributed by atoms with Crippen LogP contribution in [0.3, 0.4) is 0 Å². The van der Waals surface area contributed by atoms with E-state index in [1.54, 1.807) is 12.1 Å². The van der Waals surface area contributed by atoms with Crippen molar-refractivity contribution in [3.8, 4) is 0 Å². The molecule has 6 heteroatoms. The number of esters is 2. The van der Waals surface area contributed by atoms with E-state index in [0.29, 0.717) is 12.2 Å². The van der Waals surface area contributed by atoms with Gasteiger partial charge in [0.2, 0.25) is 0 Å². The molecule has 6 nitrogen and oxygen atoms in total. The number of likely N-dealkylation sites (tertiary alicyclic amines) is 1. The highest BCUT2D eigenvalue weighted by molar-refractivity contribution is 5.87. The second-order valence-corrected chi connectivity index (χ2v) is 5.08. The number of aromatic nitrogens is 1. The lowest BCUT2D eigenvalue weighted by atomic mass is 9.97. The molecule has 0 bridgehead atoms. The largest absolute Gasteiger partial charge is 0.469 e. The first-order chi connectivity index (χ1) is 10.1. The van der Waals surface area contributed by atoms with Crippen molar-refractivity contribution in [2.24, 2.45) is 5.92 Å². The number of carbonyl (C=O) groups excluding carboxylic acids is 2. The zero-order chi connectivity index (χ0) is 15.2. The van der Waals surface area contributed by atoms with E-state index in [9.17, 15) is 9.59 Å². The molecule has 1 aromatic heterocycles. The number of carbonyl (C=O) groups is 2. The van der Waals surface area contributed by atoms with Crippen LogP contribution in [0.1, 0.15) is 29.0 Å². The lowest BCUT2D eigenvalue weighted by molar-refractivity contribution is -0.147. The Morgan fingerprint density at radius 3 is 2.57 bits per heavy atom. The van der Waals surface area contributed by atoms with Crippen molar-refractivity contribution in [1.29, 1.82) is 0 Å². The maximum atomic E-state index is 11.5. The molecule has 0 N–H and O–H groups in total. The van der Waals surface area contributed by atoms with E-state index in [1.807, 2.05) is 6.07 Å². The van der Waals surface area contributed by atoms with Crippen molar-refractivity contribution in [2.75, 3.05) is 27.3 Å². The number of rotatable bonds is 4. The standard InChI is InChI=1S/C15H20N2O4/c1-20-14(18)11-6-8-17(9-7-11)10-12-4-3-5-13(16-12)15(19)21-2/h3-5,11H,6-10H2,1-2H3. The normalized spacial score (nSPS) is 16.5. The smallest absolute Gasteiger partial charge is 0.356 e. The Balaban J connectivity index is 1.92. The Kier molecular flexibility index (Phi) is 5.27. The number of piperidine rings is 1. The Morgan fingerprint density at radius 2 is 1.95 bits per heavy atom. The van der Waals surface area contributed by atoms with Gasteiger partial charge >= 0.3 is 11.9 Å². The molecule has 0 atom stereocenters. The third-order valence-electron chi connectivity index (χ3n) is 3.71. The molecule has 1 fully saturated rings. The predicted molar refractivity (Wildman–Crippen MR) is 75.6 cm³/mol. The van der Waals surface area contributed by atoms with Gasteiger partial charge in [0.1, 0.15) is 5.69 Å². The van der Waals surface area contributed by atoms with Gasteiger partial charge in [-0.1, -0.05) is 6.07 Å². The second kappa shape index (κ2) is 7.17. The summed E-state index contributed by atoms with van der Waals surface area (Å²) in [6, 6.07) is 5.33. The molecule has 0 spiro atoms. The van der Waals surface area contributed by atoms with E-state index >= 15 is 0 Å². The zero-order valence-electron chi connectivity index (χ0n) is 12.4. The van der Waals surface area contributed by atoms with Crippen molar-refractivity contribution in [1.82, 2.24) is 9.88 Å². The van der Waals surface area contributed by atoms with Crippen LogP contribution >= 0.6 is 0 Å². The SMILES string of the molecule is COC(=O)c1cccc(CN2CCC(C(=O)OC)CC2)n1. The monoisotopic (exact) mass is 292 g/mol. The Bertz CT molecular complexity index is 510. The quantitative estimate of drug-likeness (QED) is 0.778. The minimum absolute atomic E-state index is 0.000567. The van der Waals surface area contributed by atoms with E-state index in [4.69, 9.17) is 4.74 Å². The average Bonchev–Trinajstić information content (AvgIpc) is 2.54. The molecule has 2 heterocycles. The van der Waals surface area contributed by atoms with Crippen LogP contribution in [0, 0.1) is 5.92 Å². The molecule has 2 rings (SSSR count). The summed E-state index contributed by atoms with van der Waals surface area (Å²) in [7, 11) is 2.77. The summed E-state index contributed by atoms with van der Waals surface area (Å²) in [4.78, 5) is 29.5. The number of hydrogen-bond donors (Lipinski definition) is 0. The number of pyridine rings is 1. The summed E-state index contributed by atoms with van der Waals surface area (Å²) >= 11 is 0. The maximum Gasteiger partial charge on any atom is 0.356 e. The summed E-state index contributed by atoms with van der Waals surface area (Å²) in [6.45, 7) is 2.31. The van der Waals surface area contributed by atoms with E-state index in [0.717, 1.165) is 31.6 Å². The summed E-state index contributed by atoms with van der Waals surface area (Å²) in [5, 5.41) is 0. The molecule has 0 amide bonds. The first-order valence-corrected chi connectivity index (χ1v) is 6.98. The van der Waals surface area contributed by atoms with Gasteiger partial charge in [0.05, 0.1) is 25.8 Å². The Hall–Kier alpha value is -1.95. The van der Waals surface area contributed by atoms with E-state index in [-0.39, 0.29) is 11.9 Å². The van der Waals surface area contributed by atoms with Gasteiger partial charge in [-0.15, -0.1) is 0 Å². The first-order valence-electron chi connectivity index (χ1n) is 6.98. The molecular weight excluding hydrogens is 272 g/mol. The highest BCUT2D eigenvalue weighted by Gasteiger charge is 2.25. The van der Waals surface area contributed by atoms with Crippen LogP contribution in [0.5, 0.6) is 0 Å². The van der Waals surface area contributed by atoms with E-state index in [1.165, 1.54) is 14.2 Å². The van der Waals surface area contributed by atoms with Crippen molar-refractivity contribution in [3.05, 3.63) is 29.6 Å². The lowest BCUT2D eigenvalue weighted by Gasteiger charge is -2.30. The highest BCUT2D eigenvalue weighted by Crippen LogP contribution is 2.19. The van der Waals surface area contributed by atoms with Crippen LogP contribution in [-0.2, 0) is 20.8 Å². The number of ether oxygens (including phenoxy) is 2. The summed E-state index contributed by atoms with van der Waals surface area (Å²) in [6.07, 6.45) is 1.59. The molecule has 0 aromatic carbocycles. The zero-order valence-corrected chi connectivity index (χ0v) is 12.4. The van der Waals surface area contributed by atoms with Crippen LogP contribution in [0.25, 0.3) is 0 Å². The fraction of sp³-hybridized carbons (Fsp3) is 0.533. The minimum Gasteiger partial charge on any atom is -0.469 e. The molecule has 0 radical (unpaired) electrons. The molecule has 1 saturated heterocycles. The van der Waals surface area contributed by atoms with Gasteiger partial charge in [-0.3, -0.25) is 9.69 Å². The van der Waals surface area contributed by atoms with Gasteiger partial charge < -0.3 is 9.47 Å². The molecule has 1 aliphatic heterocycles. The number of hydrogen-bond acceptors (Lipinski definition) is 6. The van der Waals surface area contributed by atoms with Crippen molar-refractivity contribution < 1.29 is 19.1 Å². The summed E-state index contributed by atoms with van der Waals surface area (Å²) in [5.74, 6) is -0.553. The van der Waals surface area contributed by atoms with Crippen LogP contribution in [0.4, 0.5) is 0 Å². The molecule has 1 aromatic rings. The van der Waals surface area contributed by atoms with Crippen LogP contribution in [0.15, 0.2) is 18.2 Å². The molecule has 0 saturated carbocycles. The molecular formula is C15H20N2O4. The third kappa shape index (κ3) is 4.01. The first kappa shape index (κ1) is 15.4. The van der Waals surface area contributed by atoms with Crippen LogP contribution in [0.2, 0.25) is 0 Å². The van der Waals surface area contributed by atoms with Gasteiger partial charge in [-0.25, -0.2) is 9.78 Å². The molecule has 0 aliphatic carbocycles. The van der Waals surface area contributed by atoms with Gasteiger partial charge in [0, 0.05) is 6.54 Å². The number of methoxy groups -OCH3 is 2. The molecule has 0 unspecified atom stereocenters.